The minimum atomic E-state index is -0.146. The summed E-state index contributed by atoms with van der Waals surface area (Å²) in [4.78, 5) is 11.6. The van der Waals surface area contributed by atoms with Crippen LogP contribution in [0.3, 0.4) is 0 Å². The Hall–Kier alpha value is -2.09. The molecule has 2 nitrogen and oxygen atoms in total. The van der Waals surface area contributed by atoms with Crippen LogP contribution in [0.15, 0.2) is 67.3 Å². The fraction of sp³-hybridized carbons (Fsp3) is 0.435. The molecule has 0 aliphatic heterocycles. The molecule has 1 aromatic carbocycles. The van der Waals surface area contributed by atoms with Crippen molar-refractivity contribution in [2.45, 2.75) is 39.0 Å². The van der Waals surface area contributed by atoms with Gasteiger partial charge in [-0.1, -0.05) is 73.7 Å². The summed E-state index contributed by atoms with van der Waals surface area (Å²) >= 11 is 0. The average molecular weight is 338 g/mol. The summed E-state index contributed by atoms with van der Waals surface area (Å²) < 4.78 is 5.03. The van der Waals surface area contributed by atoms with Gasteiger partial charge in [-0.25, -0.2) is 0 Å². The van der Waals surface area contributed by atoms with E-state index < -0.39 is 0 Å². The lowest BCUT2D eigenvalue weighted by Gasteiger charge is -2.35. The van der Waals surface area contributed by atoms with Crippen molar-refractivity contribution in [2.24, 2.45) is 17.8 Å². The summed E-state index contributed by atoms with van der Waals surface area (Å²) in [6.45, 7) is 6.08. The molecule has 0 saturated heterocycles. The molecule has 0 radical (unpaired) electrons. The molecule has 3 atom stereocenters. The first-order valence-corrected chi connectivity index (χ1v) is 9.40. The van der Waals surface area contributed by atoms with Crippen LogP contribution in [0.5, 0.6) is 0 Å². The molecular formula is C23H30O2. The zero-order chi connectivity index (χ0) is 17.9. The third kappa shape index (κ3) is 6.38. The Morgan fingerprint density at radius 3 is 2.76 bits per heavy atom. The van der Waals surface area contributed by atoms with Gasteiger partial charge in [0.15, 0.2) is 0 Å². The zero-order valence-corrected chi connectivity index (χ0v) is 15.3. The summed E-state index contributed by atoms with van der Waals surface area (Å²) in [5.41, 5.74) is 1.39. The van der Waals surface area contributed by atoms with Gasteiger partial charge in [-0.05, 0) is 49.5 Å². The first-order chi connectivity index (χ1) is 12.2. The van der Waals surface area contributed by atoms with Gasteiger partial charge in [0.2, 0.25) is 0 Å². The minimum Gasteiger partial charge on any atom is -0.466 e. The molecule has 25 heavy (non-hydrogen) atoms. The van der Waals surface area contributed by atoms with Gasteiger partial charge in [0, 0.05) is 0 Å². The van der Waals surface area contributed by atoms with Crippen molar-refractivity contribution in [1.82, 2.24) is 0 Å². The van der Waals surface area contributed by atoms with E-state index >= 15 is 0 Å². The highest BCUT2D eigenvalue weighted by molar-refractivity contribution is 5.71. The molecule has 0 spiro atoms. The van der Waals surface area contributed by atoms with Crippen LogP contribution in [0.2, 0.25) is 0 Å². The Labute approximate surface area is 152 Å². The lowest BCUT2D eigenvalue weighted by Crippen LogP contribution is -2.27. The van der Waals surface area contributed by atoms with Crippen LogP contribution >= 0.6 is 0 Å². The fourth-order valence-electron chi connectivity index (χ4n) is 3.79. The molecule has 2 heteroatoms. The summed E-state index contributed by atoms with van der Waals surface area (Å²) in [5, 5.41) is 0. The monoisotopic (exact) mass is 338 g/mol. The van der Waals surface area contributed by atoms with Crippen molar-refractivity contribution in [1.29, 1.82) is 0 Å². The van der Waals surface area contributed by atoms with Gasteiger partial charge in [0.05, 0.1) is 13.0 Å². The number of carbonyl (C=O) groups is 1. The topological polar surface area (TPSA) is 26.3 Å². The molecule has 1 aliphatic rings. The number of ether oxygens (including phenoxy) is 1. The molecule has 0 amide bonds. The molecule has 0 unspecified atom stereocenters. The molecule has 134 valence electrons. The maximum Gasteiger partial charge on any atom is 0.309 e. The Kier molecular flexibility index (Phi) is 8.24. The van der Waals surface area contributed by atoms with Gasteiger partial charge < -0.3 is 4.74 Å². The van der Waals surface area contributed by atoms with Crippen molar-refractivity contribution in [3.8, 4) is 0 Å². The summed E-state index contributed by atoms with van der Waals surface area (Å²) in [6, 6.07) is 10.7. The van der Waals surface area contributed by atoms with Gasteiger partial charge in [-0.15, -0.1) is 0 Å². The van der Waals surface area contributed by atoms with E-state index in [-0.39, 0.29) is 5.97 Å². The van der Waals surface area contributed by atoms with E-state index in [4.69, 9.17) is 4.74 Å². The van der Waals surface area contributed by atoms with Gasteiger partial charge in [0.25, 0.3) is 0 Å². The van der Waals surface area contributed by atoms with E-state index in [9.17, 15) is 4.79 Å². The highest BCUT2D eigenvalue weighted by Crippen LogP contribution is 2.38. The Balaban J connectivity index is 2.10. The third-order valence-electron chi connectivity index (χ3n) is 4.93. The van der Waals surface area contributed by atoms with Crippen molar-refractivity contribution in [3.05, 3.63) is 72.9 Å². The van der Waals surface area contributed by atoms with Crippen LogP contribution in [-0.4, -0.2) is 12.6 Å². The second-order valence-electron chi connectivity index (χ2n) is 6.68. The average Bonchev–Trinajstić information content (AvgIpc) is 2.62. The van der Waals surface area contributed by atoms with Crippen molar-refractivity contribution in [3.63, 3.8) is 0 Å². The number of benzene rings is 1. The molecular weight excluding hydrogens is 308 g/mol. The Morgan fingerprint density at radius 2 is 2.04 bits per heavy atom. The normalized spacial score (nSPS) is 23.8. The number of hydrogen-bond donors (Lipinski definition) is 0. The summed E-state index contributed by atoms with van der Waals surface area (Å²) in [5.74, 6) is 1.43. The van der Waals surface area contributed by atoms with Gasteiger partial charge >= 0.3 is 5.97 Å². The number of allylic oxidation sites excluding steroid dienone is 4. The first kappa shape index (κ1) is 19.2. The number of esters is 1. The highest BCUT2D eigenvalue weighted by Gasteiger charge is 2.30. The molecule has 0 aromatic heterocycles. The second kappa shape index (κ2) is 10.7. The van der Waals surface area contributed by atoms with E-state index in [0.717, 1.165) is 6.42 Å². The number of rotatable bonds is 8. The van der Waals surface area contributed by atoms with Crippen LogP contribution in [0.4, 0.5) is 0 Å². The highest BCUT2D eigenvalue weighted by atomic mass is 16.5. The van der Waals surface area contributed by atoms with E-state index in [1.807, 2.05) is 19.1 Å². The predicted molar refractivity (Wildman–Crippen MR) is 104 cm³/mol. The molecule has 2 rings (SSSR count). The maximum atomic E-state index is 11.6. The molecule has 0 N–H and O–H groups in total. The van der Waals surface area contributed by atoms with Crippen molar-refractivity contribution in [2.75, 3.05) is 6.61 Å². The van der Waals surface area contributed by atoms with Crippen molar-refractivity contribution >= 4 is 5.97 Å². The molecule has 0 heterocycles. The summed E-state index contributed by atoms with van der Waals surface area (Å²) in [6.07, 6.45) is 15.6. The number of carbonyl (C=O) groups excluding carboxylic acids is 1. The van der Waals surface area contributed by atoms with Gasteiger partial charge in [0.1, 0.15) is 0 Å². The molecule has 1 fully saturated rings. The smallest absolute Gasteiger partial charge is 0.309 e. The van der Waals surface area contributed by atoms with E-state index in [1.165, 1.54) is 24.8 Å². The molecule has 1 saturated carbocycles. The number of hydrogen-bond acceptors (Lipinski definition) is 2. The quantitative estimate of drug-likeness (QED) is 0.355. The predicted octanol–water partition coefficient (Wildman–Crippen LogP) is 5.51. The molecule has 1 aliphatic carbocycles. The van der Waals surface area contributed by atoms with Crippen LogP contribution in [0.25, 0.3) is 0 Å². The van der Waals surface area contributed by atoms with Crippen LogP contribution in [0.1, 0.15) is 38.2 Å². The van der Waals surface area contributed by atoms with Gasteiger partial charge in [-0.2, -0.15) is 0 Å². The Bertz CT molecular complexity index is 585. The Morgan fingerprint density at radius 1 is 1.24 bits per heavy atom. The maximum absolute atomic E-state index is 11.6. The molecule has 0 bridgehead atoms. The van der Waals surface area contributed by atoms with Gasteiger partial charge in [-0.3, -0.25) is 4.79 Å². The fourth-order valence-corrected chi connectivity index (χ4v) is 3.79. The zero-order valence-electron chi connectivity index (χ0n) is 15.3. The second-order valence-corrected chi connectivity index (χ2v) is 6.68. The van der Waals surface area contributed by atoms with Crippen LogP contribution in [-0.2, 0) is 16.0 Å². The van der Waals surface area contributed by atoms with Crippen LogP contribution < -0.4 is 0 Å². The first-order valence-electron chi connectivity index (χ1n) is 9.40. The van der Waals surface area contributed by atoms with E-state index in [0.29, 0.717) is 30.8 Å². The summed E-state index contributed by atoms with van der Waals surface area (Å²) in [7, 11) is 0. The minimum absolute atomic E-state index is 0.146. The molecule has 1 aromatic rings. The third-order valence-corrected chi connectivity index (χ3v) is 4.93. The van der Waals surface area contributed by atoms with Crippen molar-refractivity contribution < 1.29 is 9.53 Å². The SMILES string of the molecule is C=C/C=C/[C@@H]1CCC[C@H](Cc2ccccc2)[C@H]1/C=C\CC(=O)OCC. The lowest BCUT2D eigenvalue weighted by molar-refractivity contribution is -0.142. The standard InChI is InChI=1S/C23H30O2/c1-3-5-13-20-14-9-15-21(18-19-11-7-6-8-12-19)22(20)16-10-17-23(24)25-4-2/h3,5-8,10-13,16,20-22H,1,4,9,14-15,17-18H2,2H3/b13-5+,16-10-/t20-,21-,22+/m1/s1. The largest absolute Gasteiger partial charge is 0.466 e. The lowest BCUT2D eigenvalue weighted by atomic mass is 9.69. The van der Waals surface area contributed by atoms with E-state index in [1.54, 1.807) is 0 Å². The van der Waals surface area contributed by atoms with Crippen LogP contribution in [0, 0.1) is 17.8 Å². The van der Waals surface area contributed by atoms with E-state index in [2.05, 4.69) is 55.1 Å².